The SMILES string of the molecule is C[C](C(C)C)=[Hf+2]([c]1cccc2c1Cc1ccccc1-2)[CH]1C=CC=C1.[Cl-].[Cl-]. The topological polar surface area (TPSA) is 0 Å². The minimum absolute atomic E-state index is 0. The van der Waals surface area contributed by atoms with Crippen molar-refractivity contribution in [1.82, 2.24) is 0 Å². The molecule has 2 aliphatic carbocycles. The standard InChI is InChI=1S/C13H9.C5H5.C5H10.2ClH.Hf/c1-3-7-12-10(5-1)9-11-6-2-4-8-13(11)12;1-2-4-5-3-1;1-4-5(2)3;;;/h1-5,7-8H,9H2;1-5H;5H,1-3H3;2*1H;/q;;;;;+2/p-2. The van der Waals surface area contributed by atoms with Gasteiger partial charge < -0.3 is 24.8 Å². The first-order valence-electron chi connectivity index (χ1n) is 8.93. The van der Waals surface area contributed by atoms with Crippen molar-refractivity contribution in [2.24, 2.45) is 5.92 Å². The van der Waals surface area contributed by atoms with Gasteiger partial charge in [0.25, 0.3) is 0 Å². The van der Waals surface area contributed by atoms with Crippen molar-refractivity contribution in [3.05, 3.63) is 77.9 Å². The molecule has 26 heavy (non-hydrogen) atoms. The Balaban J connectivity index is 0.00000121. The fourth-order valence-corrected chi connectivity index (χ4v) is 16.1. The summed E-state index contributed by atoms with van der Waals surface area (Å²) in [6.07, 6.45) is 10.5. The van der Waals surface area contributed by atoms with Gasteiger partial charge in [-0.15, -0.1) is 0 Å². The molecular weight excluding hydrogens is 526 g/mol. The van der Waals surface area contributed by atoms with Gasteiger partial charge in [0.15, 0.2) is 0 Å². The number of fused-ring (bicyclic) bond motifs is 3. The van der Waals surface area contributed by atoms with Crippen LogP contribution in [0.15, 0.2) is 66.8 Å². The van der Waals surface area contributed by atoms with Crippen LogP contribution in [-0.2, 0) is 27.4 Å². The van der Waals surface area contributed by atoms with Gasteiger partial charge in [-0.1, -0.05) is 0 Å². The average Bonchev–Trinajstić information content (AvgIpc) is 3.23. The van der Waals surface area contributed by atoms with Crippen molar-refractivity contribution in [1.29, 1.82) is 0 Å². The number of benzene rings is 2. The van der Waals surface area contributed by atoms with Gasteiger partial charge in [0, 0.05) is 0 Å². The molecule has 0 bridgehead atoms. The van der Waals surface area contributed by atoms with Crippen LogP contribution in [0.1, 0.15) is 31.9 Å². The maximum atomic E-state index is 2.46. The molecule has 0 amide bonds. The molecule has 134 valence electrons. The van der Waals surface area contributed by atoms with Crippen LogP contribution < -0.4 is 28.1 Å². The average molecular weight is 550 g/mol. The Morgan fingerprint density at radius 1 is 0.923 bits per heavy atom. The van der Waals surface area contributed by atoms with E-state index in [-0.39, 0.29) is 24.8 Å². The quantitative estimate of drug-likeness (QED) is 0.378. The largest absolute Gasteiger partial charge is 1.00 e. The molecule has 2 aromatic rings. The van der Waals surface area contributed by atoms with Crippen molar-refractivity contribution >= 4 is 6.58 Å². The number of allylic oxidation sites excluding steroid dienone is 4. The molecular formula is C23H24Cl2Hf. The van der Waals surface area contributed by atoms with E-state index in [4.69, 9.17) is 0 Å². The molecule has 0 saturated heterocycles. The van der Waals surface area contributed by atoms with Gasteiger partial charge >= 0.3 is 153 Å². The van der Waals surface area contributed by atoms with Gasteiger partial charge in [-0.3, -0.25) is 0 Å². The van der Waals surface area contributed by atoms with Crippen LogP contribution in [0.4, 0.5) is 0 Å². The summed E-state index contributed by atoms with van der Waals surface area (Å²) >= 11 is -2.14. The third-order valence-corrected chi connectivity index (χ3v) is 18.2. The molecule has 0 saturated carbocycles. The summed E-state index contributed by atoms with van der Waals surface area (Å²) in [6, 6.07) is 16.0. The molecule has 0 fully saturated rings. The van der Waals surface area contributed by atoms with Crippen LogP contribution in [0.25, 0.3) is 11.1 Å². The van der Waals surface area contributed by atoms with Gasteiger partial charge in [-0.2, -0.15) is 0 Å². The second-order valence-electron chi connectivity index (χ2n) is 7.21. The molecule has 0 N–H and O–H groups in total. The van der Waals surface area contributed by atoms with Crippen LogP contribution in [0.3, 0.4) is 0 Å². The molecule has 2 aromatic carbocycles. The summed E-state index contributed by atoms with van der Waals surface area (Å²) in [7, 11) is 0. The van der Waals surface area contributed by atoms with Crippen LogP contribution in [0.5, 0.6) is 0 Å². The third kappa shape index (κ3) is 3.77. The zero-order chi connectivity index (χ0) is 16.7. The predicted molar refractivity (Wildman–Crippen MR) is 102 cm³/mol. The maximum absolute atomic E-state index is 2.46. The van der Waals surface area contributed by atoms with Crippen molar-refractivity contribution in [3.8, 4) is 11.1 Å². The first-order chi connectivity index (χ1) is 11.7. The molecule has 0 atom stereocenters. The van der Waals surface area contributed by atoms with Crippen LogP contribution in [-0.4, -0.2) is 3.26 Å². The summed E-state index contributed by atoms with van der Waals surface area (Å²) in [5.41, 5.74) is 6.09. The predicted octanol–water partition coefficient (Wildman–Crippen LogP) is -0.728. The first kappa shape index (κ1) is 21.5. The molecule has 2 aliphatic rings. The summed E-state index contributed by atoms with van der Waals surface area (Å²) in [5, 5.41) is 0. The molecule has 0 nitrogen and oxygen atoms in total. The van der Waals surface area contributed by atoms with Gasteiger partial charge in [-0.05, 0) is 0 Å². The van der Waals surface area contributed by atoms with Gasteiger partial charge in [0.1, 0.15) is 0 Å². The van der Waals surface area contributed by atoms with Gasteiger partial charge in [-0.25, -0.2) is 0 Å². The van der Waals surface area contributed by atoms with E-state index >= 15 is 0 Å². The zero-order valence-electron chi connectivity index (χ0n) is 15.5. The van der Waals surface area contributed by atoms with E-state index in [2.05, 4.69) is 87.5 Å². The molecule has 0 spiro atoms. The molecule has 0 radical (unpaired) electrons. The minimum Gasteiger partial charge on any atom is -1.00 e. The smallest absolute Gasteiger partial charge is 1.00 e. The second-order valence-corrected chi connectivity index (χ2v) is 17.3. The van der Waals surface area contributed by atoms with Crippen LogP contribution in [0, 0.1) is 5.92 Å². The Morgan fingerprint density at radius 2 is 1.58 bits per heavy atom. The van der Waals surface area contributed by atoms with E-state index in [1.807, 2.05) is 0 Å². The van der Waals surface area contributed by atoms with Gasteiger partial charge in [0.05, 0.1) is 0 Å². The van der Waals surface area contributed by atoms with Gasteiger partial charge in [0.2, 0.25) is 0 Å². The Hall–Kier alpha value is -0.760. The van der Waals surface area contributed by atoms with Crippen LogP contribution >= 0.6 is 0 Å². The fraction of sp³-hybridized carbons (Fsp3) is 0.261. The Labute approximate surface area is 177 Å². The molecule has 3 heteroatoms. The summed E-state index contributed by atoms with van der Waals surface area (Å²) in [6.45, 7) is 7.19. The molecule has 0 aromatic heterocycles. The van der Waals surface area contributed by atoms with Crippen molar-refractivity contribution in [2.75, 3.05) is 0 Å². The molecule has 0 aliphatic heterocycles. The monoisotopic (exact) mass is 550 g/mol. The Bertz CT molecular complexity index is 879. The van der Waals surface area contributed by atoms with Crippen LogP contribution in [0.2, 0.25) is 3.67 Å². The summed E-state index contributed by atoms with van der Waals surface area (Å²) in [4.78, 5) is 0. The Kier molecular flexibility index (Phi) is 7.42. The van der Waals surface area contributed by atoms with E-state index in [0.29, 0.717) is 9.59 Å². The minimum atomic E-state index is -2.14. The fourth-order valence-electron chi connectivity index (χ4n) is 4.00. The van der Waals surface area contributed by atoms with Crippen molar-refractivity contribution in [3.63, 3.8) is 0 Å². The third-order valence-electron chi connectivity index (χ3n) is 5.51. The number of hydrogen-bond acceptors (Lipinski definition) is 0. The normalized spacial score (nSPS) is 14.5. The molecule has 4 rings (SSSR count). The van der Waals surface area contributed by atoms with E-state index in [1.54, 1.807) is 12.1 Å². The zero-order valence-corrected chi connectivity index (χ0v) is 20.6. The Morgan fingerprint density at radius 3 is 2.27 bits per heavy atom. The van der Waals surface area contributed by atoms with E-state index in [9.17, 15) is 0 Å². The van der Waals surface area contributed by atoms with E-state index in [0.717, 1.165) is 6.42 Å². The summed E-state index contributed by atoms with van der Waals surface area (Å²) < 4.78 is 4.24. The summed E-state index contributed by atoms with van der Waals surface area (Å²) in [5.74, 6) is 0.689. The molecule has 0 heterocycles. The van der Waals surface area contributed by atoms with Crippen molar-refractivity contribution < 1.29 is 45.8 Å². The van der Waals surface area contributed by atoms with Crippen molar-refractivity contribution in [2.45, 2.75) is 30.9 Å². The second kappa shape index (κ2) is 8.95. The van der Waals surface area contributed by atoms with E-state index in [1.165, 1.54) is 16.7 Å². The maximum Gasteiger partial charge on any atom is -1.00 e. The molecule has 0 unspecified atom stereocenters. The van der Waals surface area contributed by atoms with E-state index < -0.39 is 21.0 Å². The first-order valence-corrected chi connectivity index (χ1v) is 14.6. The number of hydrogen-bond donors (Lipinski definition) is 0. The number of halogens is 2. The number of rotatable bonds is 3.